The molecule has 1 unspecified atom stereocenters. The van der Waals surface area contributed by atoms with Gasteiger partial charge in [0.1, 0.15) is 5.60 Å². The van der Waals surface area contributed by atoms with Crippen molar-refractivity contribution >= 4 is 40.4 Å². The van der Waals surface area contributed by atoms with Crippen LogP contribution in [0.2, 0.25) is 0 Å². The van der Waals surface area contributed by atoms with Crippen LogP contribution in [0, 0.1) is 5.92 Å². The predicted molar refractivity (Wildman–Crippen MR) is 103 cm³/mol. The van der Waals surface area contributed by atoms with E-state index in [1.165, 1.54) is 18.3 Å². The maximum atomic E-state index is 12.2. The van der Waals surface area contributed by atoms with E-state index < -0.39 is 17.4 Å². The molecule has 1 aliphatic carbocycles. The third kappa shape index (κ3) is 4.72. The normalized spacial score (nSPS) is 15.5. The van der Waals surface area contributed by atoms with Crippen LogP contribution < -0.4 is 16.0 Å². The molecule has 0 aliphatic heterocycles. The molecule has 1 aliphatic rings. The van der Waals surface area contributed by atoms with Crippen molar-refractivity contribution in [3.63, 3.8) is 0 Å². The second-order valence-electron chi connectivity index (χ2n) is 6.57. The SMILES string of the molecule is CC(=O)Nc1cccc(NC(=O)C(=O)NCC(O)(c2cccs2)C2CC2)c1. The monoisotopic (exact) mass is 387 g/mol. The third-order valence-electron chi connectivity index (χ3n) is 4.37. The molecule has 0 bridgehead atoms. The van der Waals surface area contributed by atoms with Crippen LogP contribution in [-0.4, -0.2) is 29.4 Å². The molecule has 1 saturated carbocycles. The first-order chi connectivity index (χ1) is 12.9. The average Bonchev–Trinajstić information content (AvgIpc) is 3.34. The fourth-order valence-corrected chi connectivity index (χ4v) is 3.78. The number of rotatable bonds is 6. The molecule has 3 rings (SSSR count). The fourth-order valence-electron chi connectivity index (χ4n) is 2.88. The third-order valence-corrected chi connectivity index (χ3v) is 5.40. The van der Waals surface area contributed by atoms with Gasteiger partial charge in [-0.25, -0.2) is 0 Å². The van der Waals surface area contributed by atoms with Crippen LogP contribution >= 0.6 is 11.3 Å². The highest BCUT2D eigenvalue weighted by atomic mass is 32.1. The molecule has 1 aromatic carbocycles. The summed E-state index contributed by atoms with van der Waals surface area (Å²) in [7, 11) is 0. The summed E-state index contributed by atoms with van der Waals surface area (Å²) >= 11 is 1.43. The second kappa shape index (κ2) is 7.89. The van der Waals surface area contributed by atoms with Crippen LogP contribution in [0.4, 0.5) is 11.4 Å². The van der Waals surface area contributed by atoms with Crippen molar-refractivity contribution in [3.05, 3.63) is 46.7 Å². The summed E-state index contributed by atoms with van der Waals surface area (Å²) in [6.07, 6.45) is 1.79. The molecule has 7 nitrogen and oxygen atoms in total. The van der Waals surface area contributed by atoms with Crippen molar-refractivity contribution in [1.29, 1.82) is 0 Å². The van der Waals surface area contributed by atoms with Crippen molar-refractivity contribution in [2.45, 2.75) is 25.4 Å². The van der Waals surface area contributed by atoms with Crippen molar-refractivity contribution in [2.75, 3.05) is 17.2 Å². The molecule has 2 aromatic rings. The lowest BCUT2D eigenvalue weighted by Gasteiger charge is -2.27. The van der Waals surface area contributed by atoms with Gasteiger partial charge in [-0.15, -0.1) is 11.3 Å². The minimum Gasteiger partial charge on any atom is -0.382 e. The van der Waals surface area contributed by atoms with E-state index in [-0.39, 0.29) is 18.4 Å². The Kier molecular flexibility index (Phi) is 5.57. The average molecular weight is 387 g/mol. The number of hydrogen-bond acceptors (Lipinski definition) is 5. The number of nitrogens with one attached hydrogen (secondary N) is 3. The Hall–Kier alpha value is -2.71. The van der Waals surface area contributed by atoms with Gasteiger partial charge in [0, 0.05) is 23.2 Å². The van der Waals surface area contributed by atoms with Gasteiger partial charge < -0.3 is 21.1 Å². The van der Waals surface area contributed by atoms with Gasteiger partial charge in [0.15, 0.2) is 0 Å². The molecule has 1 fully saturated rings. The van der Waals surface area contributed by atoms with Crippen molar-refractivity contribution in [1.82, 2.24) is 5.32 Å². The van der Waals surface area contributed by atoms with E-state index in [0.717, 1.165) is 17.7 Å². The van der Waals surface area contributed by atoms with Crippen LogP contribution in [0.1, 0.15) is 24.6 Å². The number of carbonyl (C=O) groups excluding carboxylic acids is 3. The van der Waals surface area contributed by atoms with E-state index in [1.54, 1.807) is 24.3 Å². The standard InChI is InChI=1S/C19H21N3O4S/c1-12(23)21-14-4-2-5-15(10-14)22-18(25)17(24)20-11-19(26,13-7-8-13)16-6-3-9-27-16/h2-6,9-10,13,26H,7-8,11H2,1H3,(H,20,24)(H,21,23)(H,22,25). The summed E-state index contributed by atoms with van der Waals surface area (Å²) in [6.45, 7) is 1.36. The minimum atomic E-state index is -1.14. The molecule has 0 saturated heterocycles. The maximum Gasteiger partial charge on any atom is 0.313 e. The zero-order valence-corrected chi connectivity index (χ0v) is 15.6. The first-order valence-corrected chi connectivity index (χ1v) is 9.49. The van der Waals surface area contributed by atoms with Gasteiger partial charge in [0.2, 0.25) is 5.91 Å². The minimum absolute atomic E-state index is 0.0175. The van der Waals surface area contributed by atoms with Crippen molar-refractivity contribution < 1.29 is 19.5 Å². The first kappa shape index (κ1) is 19.1. The van der Waals surface area contributed by atoms with Crippen molar-refractivity contribution in [2.24, 2.45) is 5.92 Å². The van der Waals surface area contributed by atoms with Gasteiger partial charge in [-0.2, -0.15) is 0 Å². The summed E-state index contributed by atoms with van der Waals surface area (Å²) < 4.78 is 0. The Labute approximate surface area is 160 Å². The number of hydrogen-bond donors (Lipinski definition) is 4. The molecule has 0 spiro atoms. The Morgan fingerprint density at radius 2 is 1.81 bits per heavy atom. The molecule has 8 heteroatoms. The summed E-state index contributed by atoms with van der Waals surface area (Å²) in [5.74, 6) is -1.80. The van der Waals surface area contributed by atoms with Gasteiger partial charge in [0.25, 0.3) is 0 Å². The van der Waals surface area contributed by atoms with Crippen molar-refractivity contribution in [3.8, 4) is 0 Å². The number of benzene rings is 1. The largest absolute Gasteiger partial charge is 0.382 e. The molecular weight excluding hydrogens is 366 g/mol. The highest BCUT2D eigenvalue weighted by Crippen LogP contribution is 2.46. The van der Waals surface area contributed by atoms with Crippen LogP contribution in [0.15, 0.2) is 41.8 Å². The van der Waals surface area contributed by atoms with E-state index >= 15 is 0 Å². The molecule has 142 valence electrons. The number of carbonyl (C=O) groups is 3. The van der Waals surface area contributed by atoms with E-state index in [0.29, 0.717) is 11.4 Å². The number of amides is 3. The van der Waals surface area contributed by atoms with Gasteiger partial charge >= 0.3 is 11.8 Å². The van der Waals surface area contributed by atoms with E-state index in [9.17, 15) is 19.5 Å². The highest BCUT2D eigenvalue weighted by Gasteiger charge is 2.46. The van der Waals surface area contributed by atoms with Gasteiger partial charge in [-0.1, -0.05) is 12.1 Å². The molecule has 4 N–H and O–H groups in total. The van der Waals surface area contributed by atoms with Gasteiger partial charge in [0.05, 0.1) is 6.54 Å². The zero-order valence-electron chi connectivity index (χ0n) is 14.8. The molecule has 1 aromatic heterocycles. The Morgan fingerprint density at radius 1 is 1.11 bits per heavy atom. The van der Waals surface area contributed by atoms with E-state index in [4.69, 9.17) is 0 Å². The topological polar surface area (TPSA) is 108 Å². The first-order valence-electron chi connectivity index (χ1n) is 8.61. The molecule has 0 radical (unpaired) electrons. The molecular formula is C19H21N3O4S. The summed E-state index contributed by atoms with van der Waals surface area (Å²) in [5, 5.41) is 20.5. The van der Waals surface area contributed by atoms with Crippen LogP contribution in [0.25, 0.3) is 0 Å². The summed E-state index contributed by atoms with van der Waals surface area (Å²) in [6, 6.07) is 10.2. The molecule has 1 atom stereocenters. The van der Waals surface area contributed by atoms with E-state index in [2.05, 4.69) is 16.0 Å². The van der Waals surface area contributed by atoms with Crippen LogP contribution in [-0.2, 0) is 20.0 Å². The summed E-state index contributed by atoms with van der Waals surface area (Å²) in [4.78, 5) is 36.2. The second-order valence-corrected chi connectivity index (χ2v) is 7.52. The lowest BCUT2D eigenvalue weighted by Crippen LogP contribution is -2.45. The Bertz CT molecular complexity index is 848. The maximum absolute atomic E-state index is 12.2. The lowest BCUT2D eigenvalue weighted by atomic mass is 9.95. The van der Waals surface area contributed by atoms with Crippen LogP contribution in [0.5, 0.6) is 0 Å². The molecule has 1 heterocycles. The highest BCUT2D eigenvalue weighted by molar-refractivity contribution is 7.10. The van der Waals surface area contributed by atoms with Gasteiger partial charge in [-0.05, 0) is 48.4 Å². The zero-order chi connectivity index (χ0) is 19.4. The smallest absolute Gasteiger partial charge is 0.313 e. The van der Waals surface area contributed by atoms with E-state index in [1.807, 2.05) is 17.5 Å². The molecule has 27 heavy (non-hydrogen) atoms. The quantitative estimate of drug-likeness (QED) is 0.569. The van der Waals surface area contributed by atoms with Gasteiger partial charge in [-0.3, -0.25) is 14.4 Å². The summed E-state index contributed by atoms with van der Waals surface area (Å²) in [5.41, 5.74) is -0.242. The predicted octanol–water partition coefficient (Wildman–Crippen LogP) is 2.06. The Balaban J connectivity index is 1.59. The lowest BCUT2D eigenvalue weighted by molar-refractivity contribution is -0.137. The fraction of sp³-hybridized carbons (Fsp3) is 0.316. The number of thiophene rings is 1. The number of aliphatic hydroxyl groups is 1. The number of anilines is 2. The molecule has 3 amide bonds. The van der Waals surface area contributed by atoms with Crippen LogP contribution in [0.3, 0.4) is 0 Å². The Morgan fingerprint density at radius 3 is 2.41 bits per heavy atom.